The number of fused-ring (bicyclic) bond motifs is 1. The fourth-order valence-electron chi connectivity index (χ4n) is 4.29. The van der Waals surface area contributed by atoms with E-state index in [-0.39, 0.29) is 5.41 Å². The van der Waals surface area contributed by atoms with Crippen molar-refractivity contribution in [1.29, 1.82) is 5.26 Å². The molecule has 3 rings (SSSR count). The van der Waals surface area contributed by atoms with Gasteiger partial charge in [0.15, 0.2) is 0 Å². The standard InChI is InChI=1S/C18H24N2O2/c1-18(2)16(15-7-9-22-17(15)18)20(3)8-10-21-14-6-4-5-13(11-14)12-19/h4-6,11,15-17H,7-10H2,1-3H3/t15-,16-,17-/m1/s1. The molecule has 1 aromatic rings. The zero-order valence-electron chi connectivity index (χ0n) is 13.6. The highest BCUT2D eigenvalue weighted by molar-refractivity contribution is 5.36. The van der Waals surface area contributed by atoms with Crippen molar-refractivity contribution in [3.05, 3.63) is 29.8 Å². The second kappa shape index (κ2) is 5.91. The van der Waals surface area contributed by atoms with Crippen molar-refractivity contribution in [3.63, 3.8) is 0 Å². The highest BCUT2D eigenvalue weighted by atomic mass is 16.5. The number of ether oxygens (including phenoxy) is 2. The third-order valence-electron chi connectivity index (χ3n) is 5.19. The number of nitriles is 1. The molecular weight excluding hydrogens is 276 g/mol. The minimum atomic E-state index is 0.219. The van der Waals surface area contributed by atoms with Crippen LogP contribution < -0.4 is 4.74 Å². The van der Waals surface area contributed by atoms with Crippen LogP contribution in [0.15, 0.2) is 24.3 Å². The van der Waals surface area contributed by atoms with Crippen molar-refractivity contribution in [2.24, 2.45) is 11.3 Å². The molecule has 2 aliphatic rings. The van der Waals surface area contributed by atoms with Gasteiger partial charge in [-0.3, -0.25) is 4.90 Å². The molecule has 1 aliphatic carbocycles. The molecule has 4 heteroatoms. The molecule has 1 aliphatic heterocycles. The summed E-state index contributed by atoms with van der Waals surface area (Å²) in [6.07, 6.45) is 1.60. The maximum atomic E-state index is 8.91. The summed E-state index contributed by atoms with van der Waals surface area (Å²) in [5, 5.41) is 8.91. The number of rotatable bonds is 5. The minimum Gasteiger partial charge on any atom is -0.492 e. The first-order chi connectivity index (χ1) is 10.5. The molecule has 1 saturated heterocycles. The van der Waals surface area contributed by atoms with Crippen molar-refractivity contribution < 1.29 is 9.47 Å². The lowest BCUT2D eigenvalue weighted by molar-refractivity contribution is -0.150. The Hall–Kier alpha value is -1.57. The van der Waals surface area contributed by atoms with E-state index in [4.69, 9.17) is 14.7 Å². The maximum absolute atomic E-state index is 8.91. The normalized spacial score (nSPS) is 28.8. The van der Waals surface area contributed by atoms with Gasteiger partial charge in [0.25, 0.3) is 0 Å². The molecule has 1 aromatic carbocycles. The smallest absolute Gasteiger partial charge is 0.120 e. The van der Waals surface area contributed by atoms with Crippen molar-refractivity contribution in [2.45, 2.75) is 32.4 Å². The van der Waals surface area contributed by atoms with Crippen LogP contribution in [-0.2, 0) is 4.74 Å². The highest BCUT2D eigenvalue weighted by Crippen LogP contribution is 2.54. The van der Waals surface area contributed by atoms with E-state index in [2.05, 4.69) is 31.9 Å². The van der Waals surface area contributed by atoms with Gasteiger partial charge < -0.3 is 9.47 Å². The molecule has 0 aromatic heterocycles. The van der Waals surface area contributed by atoms with Crippen LogP contribution in [0.1, 0.15) is 25.8 Å². The number of hydrogen-bond acceptors (Lipinski definition) is 4. The first kappa shape index (κ1) is 15.3. The Labute approximate surface area is 132 Å². The molecule has 1 saturated carbocycles. The van der Waals surface area contributed by atoms with Gasteiger partial charge in [-0.15, -0.1) is 0 Å². The lowest BCUT2D eigenvalue weighted by atomic mass is 9.57. The number of hydrogen-bond donors (Lipinski definition) is 0. The monoisotopic (exact) mass is 300 g/mol. The summed E-state index contributed by atoms with van der Waals surface area (Å²) >= 11 is 0. The van der Waals surface area contributed by atoms with E-state index < -0.39 is 0 Å². The van der Waals surface area contributed by atoms with E-state index in [9.17, 15) is 0 Å². The van der Waals surface area contributed by atoms with Gasteiger partial charge in [0.2, 0.25) is 0 Å². The predicted octanol–water partition coefficient (Wildman–Crippen LogP) is 2.68. The molecule has 22 heavy (non-hydrogen) atoms. The quantitative estimate of drug-likeness (QED) is 0.838. The van der Waals surface area contributed by atoms with Gasteiger partial charge in [0.05, 0.1) is 17.7 Å². The van der Waals surface area contributed by atoms with Crippen LogP contribution in [0.5, 0.6) is 5.75 Å². The highest BCUT2D eigenvalue weighted by Gasteiger charge is 2.60. The number of nitrogens with zero attached hydrogens (tertiary/aromatic N) is 2. The van der Waals surface area contributed by atoms with Crippen molar-refractivity contribution in [2.75, 3.05) is 26.8 Å². The molecule has 3 atom stereocenters. The second-order valence-electron chi connectivity index (χ2n) is 6.98. The molecule has 0 radical (unpaired) electrons. The van der Waals surface area contributed by atoms with E-state index in [0.29, 0.717) is 30.2 Å². The van der Waals surface area contributed by atoms with E-state index in [0.717, 1.165) is 18.9 Å². The van der Waals surface area contributed by atoms with Gasteiger partial charge in [0, 0.05) is 30.5 Å². The Balaban J connectivity index is 1.52. The second-order valence-corrected chi connectivity index (χ2v) is 6.98. The average molecular weight is 300 g/mol. The van der Waals surface area contributed by atoms with Crippen LogP contribution in [-0.4, -0.2) is 43.9 Å². The van der Waals surface area contributed by atoms with Gasteiger partial charge in [-0.05, 0) is 31.7 Å². The Morgan fingerprint density at radius 2 is 2.27 bits per heavy atom. The molecule has 0 spiro atoms. The summed E-state index contributed by atoms with van der Waals surface area (Å²) in [5.41, 5.74) is 0.855. The van der Waals surface area contributed by atoms with Gasteiger partial charge in [-0.25, -0.2) is 0 Å². The van der Waals surface area contributed by atoms with Crippen molar-refractivity contribution in [1.82, 2.24) is 4.90 Å². The Bertz CT molecular complexity index is 579. The minimum absolute atomic E-state index is 0.219. The summed E-state index contributed by atoms with van der Waals surface area (Å²) in [5.74, 6) is 1.43. The van der Waals surface area contributed by atoms with Crippen molar-refractivity contribution in [3.8, 4) is 11.8 Å². The molecule has 0 amide bonds. The summed E-state index contributed by atoms with van der Waals surface area (Å²) < 4.78 is 11.7. The molecule has 118 valence electrons. The molecule has 4 nitrogen and oxygen atoms in total. The Morgan fingerprint density at radius 1 is 1.45 bits per heavy atom. The van der Waals surface area contributed by atoms with Gasteiger partial charge in [0.1, 0.15) is 12.4 Å². The Morgan fingerprint density at radius 3 is 3.05 bits per heavy atom. The first-order valence-electron chi connectivity index (χ1n) is 7.99. The zero-order chi connectivity index (χ0) is 15.7. The van der Waals surface area contributed by atoms with Crippen LogP contribution in [0.4, 0.5) is 0 Å². The van der Waals surface area contributed by atoms with Crippen LogP contribution in [0, 0.1) is 22.7 Å². The lowest BCUT2D eigenvalue weighted by Gasteiger charge is -2.58. The summed E-state index contributed by atoms with van der Waals surface area (Å²) in [7, 11) is 2.18. The topological polar surface area (TPSA) is 45.5 Å². The van der Waals surface area contributed by atoms with Crippen LogP contribution in [0.3, 0.4) is 0 Å². The predicted molar refractivity (Wildman–Crippen MR) is 84.7 cm³/mol. The summed E-state index contributed by atoms with van der Waals surface area (Å²) in [4.78, 5) is 2.41. The molecule has 0 unspecified atom stereocenters. The third kappa shape index (κ3) is 2.60. The number of likely N-dealkylation sites (N-methyl/N-ethyl adjacent to an activating group) is 1. The fourth-order valence-corrected chi connectivity index (χ4v) is 4.29. The van der Waals surface area contributed by atoms with E-state index in [1.165, 1.54) is 6.42 Å². The zero-order valence-corrected chi connectivity index (χ0v) is 13.6. The molecular formula is C18H24N2O2. The van der Waals surface area contributed by atoms with E-state index >= 15 is 0 Å². The van der Waals surface area contributed by atoms with Crippen LogP contribution in [0.25, 0.3) is 0 Å². The van der Waals surface area contributed by atoms with Gasteiger partial charge >= 0.3 is 0 Å². The lowest BCUT2D eigenvalue weighted by Crippen LogP contribution is -2.66. The van der Waals surface area contributed by atoms with Gasteiger partial charge in [-0.1, -0.05) is 19.9 Å². The molecule has 0 N–H and O–H groups in total. The van der Waals surface area contributed by atoms with Crippen LogP contribution >= 0.6 is 0 Å². The molecule has 2 fully saturated rings. The average Bonchev–Trinajstić information content (AvgIpc) is 2.93. The molecule has 1 heterocycles. The third-order valence-corrected chi connectivity index (χ3v) is 5.19. The van der Waals surface area contributed by atoms with Gasteiger partial charge in [-0.2, -0.15) is 5.26 Å². The maximum Gasteiger partial charge on any atom is 0.120 e. The fraction of sp³-hybridized carbons (Fsp3) is 0.611. The van der Waals surface area contributed by atoms with Crippen LogP contribution in [0.2, 0.25) is 0 Å². The Kier molecular flexibility index (Phi) is 4.12. The van der Waals surface area contributed by atoms with E-state index in [1.807, 2.05) is 12.1 Å². The van der Waals surface area contributed by atoms with Crippen molar-refractivity contribution >= 4 is 0 Å². The van der Waals surface area contributed by atoms with E-state index in [1.54, 1.807) is 12.1 Å². The summed E-state index contributed by atoms with van der Waals surface area (Å²) in [6, 6.07) is 10.0. The number of benzene rings is 1. The largest absolute Gasteiger partial charge is 0.492 e. The first-order valence-corrected chi connectivity index (χ1v) is 7.99. The summed E-state index contributed by atoms with van der Waals surface area (Å²) in [6.45, 7) is 7.03. The molecule has 0 bridgehead atoms. The SMILES string of the molecule is CN(CCOc1cccc(C#N)c1)[C@@H]1[C@H]2CCO[C@H]2C1(C)C.